The van der Waals surface area contributed by atoms with Crippen LogP contribution < -0.4 is 11.1 Å². The molecule has 1 atom stereocenters. The molecule has 0 fully saturated rings. The molecule has 0 heterocycles. The molecule has 58 valence electrons. The monoisotopic (exact) mass is 147 g/mol. The van der Waals surface area contributed by atoms with E-state index in [-0.39, 0.29) is 13.0 Å². The summed E-state index contributed by atoms with van der Waals surface area (Å²) in [6.07, 6.45) is -0.154. The van der Waals surface area contributed by atoms with Crippen molar-refractivity contribution in [1.82, 2.24) is 5.32 Å². The first-order valence-electron chi connectivity index (χ1n) is 3.29. The van der Waals surface area contributed by atoms with Crippen molar-refractivity contribution in [1.29, 1.82) is 0 Å². The molecule has 5 heteroatoms. The second-order valence-corrected chi connectivity index (χ2v) is 1.60. The highest BCUT2D eigenvalue weighted by Gasteiger charge is 1.98. The van der Waals surface area contributed by atoms with Gasteiger partial charge in [-0.05, 0) is 0 Å². The van der Waals surface area contributed by atoms with Crippen LogP contribution in [0.2, 0.25) is 0 Å². The van der Waals surface area contributed by atoms with Gasteiger partial charge in [-0.3, -0.25) is 9.59 Å². The van der Waals surface area contributed by atoms with Crippen LogP contribution in [0, 0.1) is 0 Å². The standard InChI is InChI=1S/C5H10N2O3/c6-3-4(8)7-2-1-5(9)10/h1-3,6H2,(H,7,8)(H,9,10)/i3D/t3-/m1/s1. The van der Waals surface area contributed by atoms with Gasteiger partial charge in [0.2, 0.25) is 5.91 Å². The van der Waals surface area contributed by atoms with Crippen LogP contribution in [-0.4, -0.2) is 30.0 Å². The minimum Gasteiger partial charge on any atom is -0.481 e. The molecule has 4 N–H and O–H groups in total. The number of nitrogens with one attached hydrogen (secondary N) is 1. The van der Waals surface area contributed by atoms with Crippen LogP contribution in [-0.2, 0) is 9.59 Å². The first kappa shape index (κ1) is 7.01. The van der Waals surface area contributed by atoms with Gasteiger partial charge in [0, 0.05) is 6.54 Å². The van der Waals surface area contributed by atoms with Crippen LogP contribution in [0.1, 0.15) is 7.79 Å². The van der Waals surface area contributed by atoms with E-state index < -0.39 is 18.4 Å². The third kappa shape index (κ3) is 5.04. The first-order chi connectivity index (χ1) is 5.04. The zero-order chi connectivity index (χ0) is 8.85. The van der Waals surface area contributed by atoms with Crippen molar-refractivity contribution in [2.75, 3.05) is 13.1 Å². The Labute approximate surface area is 59.6 Å². The summed E-state index contributed by atoms with van der Waals surface area (Å²) < 4.78 is 6.69. The van der Waals surface area contributed by atoms with Gasteiger partial charge in [0.15, 0.2) is 0 Å². The second-order valence-electron chi connectivity index (χ2n) is 1.60. The average Bonchev–Trinajstić information content (AvgIpc) is 1.86. The fourth-order valence-corrected chi connectivity index (χ4v) is 0.352. The number of carbonyl (C=O) groups is 2. The maximum absolute atomic E-state index is 10.5. The molecule has 0 aliphatic heterocycles. The molecular weight excluding hydrogens is 136 g/mol. The highest BCUT2D eigenvalue weighted by atomic mass is 16.4. The Morgan fingerprint density at radius 1 is 1.70 bits per heavy atom. The lowest BCUT2D eigenvalue weighted by atomic mass is 10.4. The highest BCUT2D eigenvalue weighted by molar-refractivity contribution is 5.78. The maximum Gasteiger partial charge on any atom is 0.305 e. The molecule has 0 aliphatic rings. The Bertz CT molecular complexity index is 160. The molecule has 0 aromatic carbocycles. The van der Waals surface area contributed by atoms with Crippen molar-refractivity contribution in [2.24, 2.45) is 5.73 Å². The van der Waals surface area contributed by atoms with E-state index in [9.17, 15) is 9.59 Å². The summed E-state index contributed by atoms with van der Waals surface area (Å²) in [4.78, 5) is 20.4. The molecule has 5 nitrogen and oxygen atoms in total. The Kier molecular flexibility index (Phi) is 3.33. The summed E-state index contributed by atoms with van der Waals surface area (Å²) in [5, 5.41) is 10.3. The average molecular weight is 147 g/mol. The molecule has 0 bridgehead atoms. The number of hydrogen-bond donors (Lipinski definition) is 3. The lowest BCUT2D eigenvalue weighted by Gasteiger charge is -1.98. The lowest BCUT2D eigenvalue weighted by molar-refractivity contribution is -0.136. The van der Waals surface area contributed by atoms with Gasteiger partial charge >= 0.3 is 5.97 Å². The van der Waals surface area contributed by atoms with Crippen molar-refractivity contribution >= 4 is 11.9 Å². The largest absolute Gasteiger partial charge is 0.481 e. The molecule has 0 unspecified atom stereocenters. The van der Waals surface area contributed by atoms with Crippen molar-refractivity contribution in [2.45, 2.75) is 6.42 Å². The number of nitrogens with two attached hydrogens (primary N) is 1. The predicted molar refractivity (Wildman–Crippen MR) is 34.3 cm³/mol. The number of carboxylic acids is 1. The fraction of sp³-hybridized carbons (Fsp3) is 0.600. The number of aliphatic carboxylic acids is 1. The first-order valence-corrected chi connectivity index (χ1v) is 2.71. The van der Waals surface area contributed by atoms with Gasteiger partial charge in [-0.25, -0.2) is 0 Å². The molecule has 0 radical (unpaired) electrons. The molecule has 0 spiro atoms. The van der Waals surface area contributed by atoms with Crippen molar-refractivity contribution in [3.63, 3.8) is 0 Å². The number of carbonyl (C=O) groups excluding carboxylic acids is 1. The van der Waals surface area contributed by atoms with Crippen molar-refractivity contribution in [3.05, 3.63) is 0 Å². The van der Waals surface area contributed by atoms with Gasteiger partial charge in [-0.15, -0.1) is 0 Å². The van der Waals surface area contributed by atoms with E-state index in [1.54, 1.807) is 0 Å². The normalized spacial score (nSPS) is 13.5. The minimum absolute atomic E-state index is 0.0146. The maximum atomic E-state index is 10.5. The van der Waals surface area contributed by atoms with Crippen LogP contribution in [0.25, 0.3) is 0 Å². The summed E-state index contributed by atoms with van der Waals surface area (Å²) in [7, 11) is 0. The summed E-state index contributed by atoms with van der Waals surface area (Å²) in [5.74, 6) is -1.66. The smallest absolute Gasteiger partial charge is 0.305 e. The van der Waals surface area contributed by atoms with Crippen LogP contribution in [0.15, 0.2) is 0 Å². The lowest BCUT2D eigenvalue weighted by Crippen LogP contribution is -2.31. The molecule has 1 amide bonds. The molecular formula is C5H10N2O3. The summed E-state index contributed by atoms with van der Waals surface area (Å²) in [6.45, 7) is -1.32. The van der Waals surface area contributed by atoms with Crippen molar-refractivity contribution in [3.8, 4) is 0 Å². The number of amides is 1. The minimum atomic E-state index is -1.33. The Morgan fingerprint density at radius 2 is 2.30 bits per heavy atom. The van der Waals surface area contributed by atoms with Gasteiger partial charge in [-0.2, -0.15) is 0 Å². The molecule has 10 heavy (non-hydrogen) atoms. The van der Waals surface area contributed by atoms with E-state index in [0.29, 0.717) is 0 Å². The van der Waals surface area contributed by atoms with Crippen LogP contribution in [0.5, 0.6) is 0 Å². The van der Waals surface area contributed by atoms with Crippen molar-refractivity contribution < 1.29 is 16.1 Å². The fourth-order valence-electron chi connectivity index (χ4n) is 0.352. The number of rotatable bonds is 4. The molecule has 0 aliphatic carbocycles. The van der Waals surface area contributed by atoms with E-state index in [2.05, 4.69) is 5.32 Å². The Morgan fingerprint density at radius 3 is 2.70 bits per heavy atom. The van der Waals surface area contributed by atoms with E-state index in [0.717, 1.165) is 0 Å². The molecule has 0 aromatic heterocycles. The van der Waals surface area contributed by atoms with Gasteiger partial charge in [-0.1, -0.05) is 0 Å². The van der Waals surface area contributed by atoms with Gasteiger partial charge < -0.3 is 16.2 Å². The van der Waals surface area contributed by atoms with Crippen LogP contribution >= 0.6 is 0 Å². The zero-order valence-corrected chi connectivity index (χ0v) is 5.33. The molecule has 0 rings (SSSR count). The summed E-state index contributed by atoms with van der Waals surface area (Å²) in [6, 6.07) is 0. The quantitative estimate of drug-likeness (QED) is 0.453. The van der Waals surface area contributed by atoms with E-state index in [1.165, 1.54) is 0 Å². The highest BCUT2D eigenvalue weighted by Crippen LogP contribution is 1.73. The third-order valence-electron chi connectivity index (χ3n) is 0.789. The third-order valence-corrected chi connectivity index (χ3v) is 0.789. The summed E-state index contributed by atoms with van der Waals surface area (Å²) in [5.41, 5.74) is 4.86. The predicted octanol–water partition coefficient (Wildman–Crippen LogP) is -1.46. The number of hydrogen-bond acceptors (Lipinski definition) is 3. The molecule has 0 saturated heterocycles. The Balaban J connectivity index is 3.39. The van der Waals surface area contributed by atoms with E-state index in [1.807, 2.05) is 0 Å². The summed E-state index contributed by atoms with van der Waals surface area (Å²) >= 11 is 0. The van der Waals surface area contributed by atoms with Crippen LogP contribution in [0.3, 0.4) is 0 Å². The second kappa shape index (κ2) is 4.75. The molecule has 0 saturated carbocycles. The number of carboxylic acid groups (broad SMARTS) is 1. The van der Waals surface area contributed by atoms with E-state index >= 15 is 0 Å². The Hall–Kier alpha value is -1.10. The van der Waals surface area contributed by atoms with Gasteiger partial charge in [0.1, 0.15) is 0 Å². The van der Waals surface area contributed by atoms with Gasteiger partial charge in [0.05, 0.1) is 14.3 Å². The van der Waals surface area contributed by atoms with Gasteiger partial charge in [0.25, 0.3) is 0 Å². The zero-order valence-electron chi connectivity index (χ0n) is 6.33. The van der Waals surface area contributed by atoms with Crippen LogP contribution in [0.4, 0.5) is 0 Å². The van der Waals surface area contributed by atoms with E-state index in [4.69, 9.17) is 12.2 Å². The molecule has 0 aromatic rings. The SMILES string of the molecule is [2H][C@@H](N)C(=O)NCCC(=O)O. The topological polar surface area (TPSA) is 92.4 Å².